The van der Waals surface area contributed by atoms with E-state index in [1.165, 1.54) is 0 Å². The Bertz CT molecular complexity index is 1150. The van der Waals surface area contributed by atoms with Crippen LogP contribution < -0.4 is 20.1 Å². The quantitative estimate of drug-likeness (QED) is 0.178. The van der Waals surface area contributed by atoms with Gasteiger partial charge in [-0.25, -0.2) is 4.79 Å². The van der Waals surface area contributed by atoms with Gasteiger partial charge in [0.2, 0.25) is 5.91 Å². The Balaban J connectivity index is 2.14. The maximum atomic E-state index is 12.9. The summed E-state index contributed by atoms with van der Waals surface area (Å²) in [5.74, 6) is 1.03. The molecule has 252 valence electrons. The van der Waals surface area contributed by atoms with Crippen LogP contribution in [0.2, 0.25) is 0 Å². The smallest absolute Gasteiger partial charge is 0.407 e. The minimum Gasteiger partial charge on any atom is -0.493 e. The van der Waals surface area contributed by atoms with E-state index in [1.54, 1.807) is 48.1 Å². The van der Waals surface area contributed by atoms with Crippen molar-refractivity contribution in [3.05, 3.63) is 53.9 Å². The average molecular weight is 630 g/mol. The van der Waals surface area contributed by atoms with E-state index < -0.39 is 29.8 Å². The number of ether oxygens (including phenoxy) is 4. The largest absolute Gasteiger partial charge is 0.493 e. The Morgan fingerprint density at radius 3 is 2.38 bits per heavy atom. The molecule has 10 heteroatoms. The van der Waals surface area contributed by atoms with Crippen molar-refractivity contribution in [3.63, 3.8) is 0 Å². The lowest BCUT2D eigenvalue weighted by molar-refractivity contribution is -0.125. The van der Waals surface area contributed by atoms with Crippen molar-refractivity contribution >= 4 is 12.0 Å². The Labute approximate surface area is 269 Å². The highest BCUT2D eigenvalue weighted by molar-refractivity contribution is 5.78. The molecular weight excluding hydrogens is 574 g/mol. The summed E-state index contributed by atoms with van der Waals surface area (Å²) in [6, 6.07) is 11.0. The fourth-order valence-corrected chi connectivity index (χ4v) is 5.01. The first-order valence-electron chi connectivity index (χ1n) is 16.0. The molecular formula is C35H55N3O7. The number of benzene rings is 1. The zero-order valence-electron chi connectivity index (χ0n) is 28.4. The van der Waals surface area contributed by atoms with E-state index in [0.717, 1.165) is 17.7 Å². The van der Waals surface area contributed by atoms with Gasteiger partial charge in [-0.2, -0.15) is 0 Å². The van der Waals surface area contributed by atoms with Gasteiger partial charge in [0.15, 0.2) is 11.5 Å². The average Bonchev–Trinajstić information content (AvgIpc) is 2.98. The predicted octanol–water partition coefficient (Wildman–Crippen LogP) is 5.35. The highest BCUT2D eigenvalue weighted by atomic mass is 16.6. The summed E-state index contributed by atoms with van der Waals surface area (Å²) in [7, 11) is 3.28. The Hall–Kier alpha value is -3.37. The van der Waals surface area contributed by atoms with E-state index in [-0.39, 0.29) is 24.2 Å². The number of alkyl carbamates (subject to hydrolysis) is 1. The fraction of sp³-hybridized carbons (Fsp3) is 0.629. The number of nitrogens with one attached hydrogen (secondary N) is 2. The van der Waals surface area contributed by atoms with Crippen molar-refractivity contribution in [2.75, 3.05) is 34.0 Å². The molecule has 0 aliphatic rings. The molecule has 2 amide bonds. The molecule has 10 nitrogen and oxygen atoms in total. The lowest BCUT2D eigenvalue weighted by Gasteiger charge is -2.32. The van der Waals surface area contributed by atoms with Crippen molar-refractivity contribution in [2.45, 2.75) is 91.4 Å². The second-order valence-electron chi connectivity index (χ2n) is 12.9. The number of methoxy groups -OCH3 is 2. The van der Waals surface area contributed by atoms with Crippen molar-refractivity contribution in [3.8, 4) is 11.5 Å². The van der Waals surface area contributed by atoms with E-state index in [2.05, 4.69) is 29.5 Å². The topological polar surface area (TPSA) is 128 Å². The van der Waals surface area contributed by atoms with E-state index in [9.17, 15) is 14.7 Å². The van der Waals surface area contributed by atoms with Crippen LogP contribution >= 0.6 is 0 Å². The fourth-order valence-electron chi connectivity index (χ4n) is 5.01. The van der Waals surface area contributed by atoms with Crippen molar-refractivity contribution < 1.29 is 33.6 Å². The minimum absolute atomic E-state index is 0.0943. The van der Waals surface area contributed by atoms with Gasteiger partial charge in [-0.15, -0.1) is 0 Å². The Kier molecular flexibility index (Phi) is 16.1. The van der Waals surface area contributed by atoms with Crippen LogP contribution in [0.25, 0.3) is 0 Å². The minimum atomic E-state index is -0.967. The molecule has 0 bridgehead atoms. The molecule has 0 saturated carbocycles. The number of rotatable bonds is 19. The van der Waals surface area contributed by atoms with Gasteiger partial charge < -0.3 is 34.7 Å². The van der Waals surface area contributed by atoms with E-state index in [4.69, 9.17) is 18.9 Å². The third kappa shape index (κ3) is 14.5. The van der Waals surface area contributed by atoms with Crippen LogP contribution in [0, 0.1) is 17.8 Å². The normalized spacial score (nSPS) is 14.3. The molecule has 0 unspecified atom stereocenters. The van der Waals surface area contributed by atoms with Crippen molar-refractivity contribution in [2.24, 2.45) is 17.8 Å². The molecule has 0 radical (unpaired) electrons. The second kappa shape index (κ2) is 19.2. The van der Waals surface area contributed by atoms with Crippen LogP contribution in [0.1, 0.15) is 72.1 Å². The van der Waals surface area contributed by atoms with Gasteiger partial charge in [0.25, 0.3) is 0 Å². The van der Waals surface area contributed by atoms with Crippen LogP contribution in [0.15, 0.2) is 42.6 Å². The van der Waals surface area contributed by atoms with Gasteiger partial charge in [0.1, 0.15) is 5.60 Å². The standard InChI is InChI=1S/C35H55N3O7/c1-24(2)27(21-26-13-14-31(43-8)32(22-26)44-19-11-18-42-7)23-29(38-34(41)45-35(4,5)6)30(39)20-25(3)33(40)37-17-15-28-12-9-10-16-36-28/h9-10,12-14,16,22,24-25,27,29-30,39H,11,15,17-21,23H2,1-8H3,(H,37,40)(H,38,41)/t25-,27+,29+,30+/m1/s1. The summed E-state index contributed by atoms with van der Waals surface area (Å²) >= 11 is 0. The molecule has 1 aromatic heterocycles. The maximum absolute atomic E-state index is 12.9. The third-order valence-corrected chi connectivity index (χ3v) is 7.59. The second-order valence-corrected chi connectivity index (χ2v) is 12.9. The number of hydrogen-bond acceptors (Lipinski definition) is 8. The number of aliphatic hydroxyl groups excluding tert-OH is 1. The number of amides is 2. The first-order chi connectivity index (χ1) is 21.3. The molecule has 1 aromatic carbocycles. The molecule has 1 heterocycles. The zero-order chi connectivity index (χ0) is 33.4. The summed E-state index contributed by atoms with van der Waals surface area (Å²) in [5.41, 5.74) is 1.26. The number of hydrogen-bond donors (Lipinski definition) is 3. The van der Waals surface area contributed by atoms with Crippen LogP contribution in [-0.2, 0) is 27.1 Å². The van der Waals surface area contributed by atoms with Gasteiger partial charge in [-0.05, 0) is 81.7 Å². The molecule has 0 aliphatic carbocycles. The Morgan fingerprint density at radius 1 is 1.00 bits per heavy atom. The number of carbonyl (C=O) groups excluding carboxylic acids is 2. The molecule has 0 aliphatic heterocycles. The number of carbonyl (C=O) groups is 2. The number of aromatic nitrogens is 1. The van der Waals surface area contributed by atoms with Crippen molar-refractivity contribution in [1.82, 2.24) is 15.6 Å². The van der Waals surface area contributed by atoms with Crippen LogP contribution in [0.3, 0.4) is 0 Å². The number of aliphatic hydroxyl groups is 1. The maximum Gasteiger partial charge on any atom is 0.407 e. The SMILES string of the molecule is COCCCOc1cc(C[C@@H](C[C@H](NC(=O)OC(C)(C)C)[C@@H](O)C[C@@H](C)C(=O)NCCc2ccccn2)C(C)C)ccc1OC. The molecule has 0 fully saturated rings. The zero-order valence-corrected chi connectivity index (χ0v) is 28.4. The third-order valence-electron chi connectivity index (χ3n) is 7.59. The summed E-state index contributed by atoms with van der Waals surface area (Å²) in [5, 5.41) is 17.3. The molecule has 3 N–H and O–H groups in total. The summed E-state index contributed by atoms with van der Waals surface area (Å²) in [6.07, 6.45) is 2.90. The van der Waals surface area contributed by atoms with Gasteiger partial charge >= 0.3 is 6.09 Å². The van der Waals surface area contributed by atoms with E-state index in [0.29, 0.717) is 50.5 Å². The lowest BCUT2D eigenvalue weighted by atomic mass is 9.82. The summed E-state index contributed by atoms with van der Waals surface area (Å²) in [4.78, 5) is 30.0. The molecule has 4 atom stereocenters. The molecule has 2 aromatic rings. The summed E-state index contributed by atoms with van der Waals surface area (Å²) < 4.78 is 22.2. The summed E-state index contributed by atoms with van der Waals surface area (Å²) in [6.45, 7) is 13.0. The van der Waals surface area contributed by atoms with Crippen LogP contribution in [-0.4, -0.2) is 73.8 Å². The highest BCUT2D eigenvalue weighted by Crippen LogP contribution is 2.32. The van der Waals surface area contributed by atoms with E-state index in [1.807, 2.05) is 36.4 Å². The first kappa shape index (κ1) is 37.8. The monoisotopic (exact) mass is 629 g/mol. The predicted molar refractivity (Wildman–Crippen MR) is 176 cm³/mol. The van der Waals surface area contributed by atoms with Crippen molar-refractivity contribution in [1.29, 1.82) is 0 Å². The van der Waals surface area contributed by atoms with Gasteiger partial charge in [-0.1, -0.05) is 32.9 Å². The van der Waals surface area contributed by atoms with Gasteiger partial charge in [0.05, 0.1) is 25.9 Å². The number of pyridine rings is 1. The van der Waals surface area contributed by atoms with Gasteiger partial charge in [0, 0.05) is 50.9 Å². The Morgan fingerprint density at radius 2 is 1.76 bits per heavy atom. The first-order valence-corrected chi connectivity index (χ1v) is 16.0. The number of nitrogens with zero attached hydrogens (tertiary/aromatic N) is 1. The lowest BCUT2D eigenvalue weighted by Crippen LogP contribution is -2.48. The highest BCUT2D eigenvalue weighted by Gasteiger charge is 2.31. The van der Waals surface area contributed by atoms with Gasteiger partial charge in [-0.3, -0.25) is 9.78 Å². The van der Waals surface area contributed by atoms with Crippen LogP contribution in [0.5, 0.6) is 11.5 Å². The van der Waals surface area contributed by atoms with E-state index >= 15 is 0 Å². The molecule has 2 rings (SSSR count). The molecule has 0 spiro atoms. The molecule has 45 heavy (non-hydrogen) atoms. The molecule has 0 saturated heterocycles. The van der Waals surface area contributed by atoms with Crippen LogP contribution in [0.4, 0.5) is 4.79 Å².